The highest BCUT2D eigenvalue weighted by molar-refractivity contribution is 4.80. The normalized spacial score (nSPS) is 35.3. The van der Waals surface area contributed by atoms with Gasteiger partial charge in [-0.3, -0.25) is 4.90 Å². The molecule has 0 spiro atoms. The van der Waals surface area contributed by atoms with Crippen LogP contribution >= 0.6 is 0 Å². The van der Waals surface area contributed by atoms with Gasteiger partial charge >= 0.3 is 0 Å². The van der Waals surface area contributed by atoms with E-state index in [2.05, 4.69) is 32.7 Å². The van der Waals surface area contributed by atoms with Crippen molar-refractivity contribution in [3.8, 4) is 0 Å². The lowest BCUT2D eigenvalue weighted by Crippen LogP contribution is -2.39. The summed E-state index contributed by atoms with van der Waals surface area (Å²) in [6, 6.07) is 0.569. The average Bonchev–Trinajstić information content (AvgIpc) is 1.97. The van der Waals surface area contributed by atoms with E-state index >= 15 is 0 Å². The van der Waals surface area contributed by atoms with Gasteiger partial charge in [-0.1, -0.05) is 0 Å². The Morgan fingerprint density at radius 3 is 2.22 bits per heavy atom. The van der Waals surface area contributed by atoms with E-state index in [0.29, 0.717) is 6.04 Å². The molecule has 0 amide bonds. The van der Waals surface area contributed by atoms with Crippen molar-refractivity contribution >= 4 is 0 Å². The summed E-state index contributed by atoms with van der Waals surface area (Å²) in [6.07, 6.45) is 0. The molecule has 0 N–H and O–H groups in total. The number of hydrogen-bond donors (Lipinski definition) is 0. The van der Waals surface area contributed by atoms with E-state index in [0.717, 1.165) is 6.61 Å². The van der Waals surface area contributed by atoms with Crippen LogP contribution in [-0.4, -0.2) is 30.3 Å². The van der Waals surface area contributed by atoms with Crippen molar-refractivity contribution < 1.29 is 4.74 Å². The fourth-order valence-corrected chi connectivity index (χ4v) is 1.07. The molecule has 2 nitrogen and oxygen atoms in total. The van der Waals surface area contributed by atoms with Gasteiger partial charge in [0, 0.05) is 6.04 Å². The molecule has 0 aromatic heterocycles. The standard InChI is InChI=1S/C7H15NO/c1-6-5-9-7(2,3)8(6)4/h6H,5H2,1-4H3/t6-/m1/s1. The zero-order valence-electron chi connectivity index (χ0n) is 6.64. The van der Waals surface area contributed by atoms with Gasteiger partial charge in [-0.25, -0.2) is 0 Å². The highest BCUT2D eigenvalue weighted by atomic mass is 16.5. The van der Waals surface area contributed by atoms with Crippen molar-refractivity contribution in [2.24, 2.45) is 0 Å². The Bertz CT molecular complexity index is 111. The molecule has 2 heteroatoms. The summed E-state index contributed by atoms with van der Waals surface area (Å²) in [5, 5.41) is 0. The van der Waals surface area contributed by atoms with Crippen LogP contribution in [0, 0.1) is 0 Å². The summed E-state index contributed by atoms with van der Waals surface area (Å²) in [6.45, 7) is 7.23. The van der Waals surface area contributed by atoms with Crippen LogP contribution in [0.1, 0.15) is 20.8 Å². The minimum Gasteiger partial charge on any atom is -0.359 e. The minimum atomic E-state index is -0.0422. The SMILES string of the molecule is C[C@@H]1COC(C)(C)N1C. The summed E-state index contributed by atoms with van der Waals surface area (Å²) >= 11 is 0. The van der Waals surface area contributed by atoms with E-state index in [1.165, 1.54) is 0 Å². The van der Waals surface area contributed by atoms with E-state index in [1.807, 2.05) is 0 Å². The van der Waals surface area contributed by atoms with Gasteiger partial charge in [-0.15, -0.1) is 0 Å². The number of hydrogen-bond acceptors (Lipinski definition) is 2. The second kappa shape index (κ2) is 1.96. The zero-order valence-corrected chi connectivity index (χ0v) is 6.64. The molecule has 1 rings (SSSR count). The zero-order chi connectivity index (χ0) is 7.07. The Morgan fingerprint density at radius 2 is 2.11 bits per heavy atom. The van der Waals surface area contributed by atoms with Gasteiger partial charge in [-0.05, 0) is 27.8 Å². The number of likely N-dealkylation sites (N-methyl/N-ethyl adjacent to an activating group) is 1. The van der Waals surface area contributed by atoms with Crippen LogP contribution in [0.4, 0.5) is 0 Å². The molecule has 0 unspecified atom stereocenters. The number of rotatable bonds is 0. The molecule has 9 heavy (non-hydrogen) atoms. The van der Waals surface area contributed by atoms with E-state index in [-0.39, 0.29) is 5.72 Å². The molecule has 1 saturated heterocycles. The van der Waals surface area contributed by atoms with Crippen LogP contribution in [0.15, 0.2) is 0 Å². The van der Waals surface area contributed by atoms with Gasteiger partial charge in [0.15, 0.2) is 0 Å². The fraction of sp³-hybridized carbons (Fsp3) is 1.00. The highest BCUT2D eigenvalue weighted by Gasteiger charge is 2.34. The molecule has 1 heterocycles. The third kappa shape index (κ3) is 1.10. The highest BCUT2D eigenvalue weighted by Crippen LogP contribution is 2.23. The van der Waals surface area contributed by atoms with E-state index < -0.39 is 0 Å². The summed E-state index contributed by atoms with van der Waals surface area (Å²) < 4.78 is 5.49. The lowest BCUT2D eigenvalue weighted by atomic mass is 10.2. The second-order valence-electron chi connectivity index (χ2n) is 3.22. The van der Waals surface area contributed by atoms with Crippen molar-refractivity contribution in [1.82, 2.24) is 4.90 Å². The maximum Gasteiger partial charge on any atom is 0.116 e. The number of nitrogens with zero attached hydrogens (tertiary/aromatic N) is 1. The molecule has 0 radical (unpaired) electrons. The van der Waals surface area contributed by atoms with Crippen molar-refractivity contribution in [2.75, 3.05) is 13.7 Å². The fourth-order valence-electron chi connectivity index (χ4n) is 1.07. The second-order valence-corrected chi connectivity index (χ2v) is 3.22. The van der Waals surface area contributed by atoms with Gasteiger partial charge < -0.3 is 4.74 Å². The molecule has 0 saturated carbocycles. The first kappa shape index (κ1) is 7.03. The largest absolute Gasteiger partial charge is 0.359 e. The quantitative estimate of drug-likeness (QED) is 0.485. The first-order valence-corrected chi connectivity index (χ1v) is 3.41. The molecule has 1 fully saturated rings. The minimum absolute atomic E-state index is 0.0422. The van der Waals surface area contributed by atoms with Gasteiger partial charge in [0.1, 0.15) is 5.72 Å². The smallest absolute Gasteiger partial charge is 0.116 e. The van der Waals surface area contributed by atoms with Gasteiger partial charge in [0.05, 0.1) is 6.61 Å². The summed E-state index contributed by atoms with van der Waals surface area (Å²) in [5.41, 5.74) is -0.0422. The summed E-state index contributed by atoms with van der Waals surface area (Å²) in [4.78, 5) is 2.24. The lowest BCUT2D eigenvalue weighted by Gasteiger charge is -2.27. The summed E-state index contributed by atoms with van der Waals surface area (Å²) in [7, 11) is 2.09. The Balaban J connectivity index is 2.62. The molecule has 0 aliphatic carbocycles. The number of ether oxygens (including phenoxy) is 1. The van der Waals surface area contributed by atoms with Crippen molar-refractivity contribution in [1.29, 1.82) is 0 Å². The molecule has 1 aliphatic rings. The third-order valence-electron chi connectivity index (χ3n) is 2.19. The molecule has 0 aromatic rings. The van der Waals surface area contributed by atoms with Crippen LogP contribution in [-0.2, 0) is 4.74 Å². The van der Waals surface area contributed by atoms with Crippen molar-refractivity contribution in [3.05, 3.63) is 0 Å². The maximum atomic E-state index is 5.49. The monoisotopic (exact) mass is 129 g/mol. The Hall–Kier alpha value is -0.0800. The van der Waals surface area contributed by atoms with Crippen molar-refractivity contribution in [3.63, 3.8) is 0 Å². The average molecular weight is 129 g/mol. The predicted molar refractivity (Wildman–Crippen MR) is 37.3 cm³/mol. The van der Waals surface area contributed by atoms with E-state index in [4.69, 9.17) is 4.74 Å². The van der Waals surface area contributed by atoms with Crippen LogP contribution in [0.25, 0.3) is 0 Å². The Kier molecular flexibility index (Phi) is 1.53. The van der Waals surface area contributed by atoms with E-state index in [9.17, 15) is 0 Å². The molecule has 1 atom stereocenters. The molecular formula is C7H15NO. The third-order valence-corrected chi connectivity index (χ3v) is 2.19. The van der Waals surface area contributed by atoms with E-state index in [1.54, 1.807) is 0 Å². The van der Waals surface area contributed by atoms with Gasteiger partial charge in [-0.2, -0.15) is 0 Å². The van der Waals surface area contributed by atoms with Crippen molar-refractivity contribution in [2.45, 2.75) is 32.5 Å². The molecular weight excluding hydrogens is 114 g/mol. The predicted octanol–water partition coefficient (Wildman–Crippen LogP) is 1.07. The topological polar surface area (TPSA) is 12.5 Å². The van der Waals surface area contributed by atoms with Gasteiger partial charge in [0.2, 0.25) is 0 Å². The van der Waals surface area contributed by atoms with Crippen LogP contribution in [0.2, 0.25) is 0 Å². The Morgan fingerprint density at radius 1 is 1.56 bits per heavy atom. The first-order valence-electron chi connectivity index (χ1n) is 3.41. The maximum absolute atomic E-state index is 5.49. The van der Waals surface area contributed by atoms with Gasteiger partial charge in [0.25, 0.3) is 0 Å². The summed E-state index contributed by atoms with van der Waals surface area (Å²) in [5.74, 6) is 0. The van der Waals surface area contributed by atoms with Crippen LogP contribution < -0.4 is 0 Å². The first-order chi connectivity index (χ1) is 4.04. The lowest BCUT2D eigenvalue weighted by molar-refractivity contribution is -0.0408. The van der Waals surface area contributed by atoms with Crippen LogP contribution in [0.3, 0.4) is 0 Å². The molecule has 1 aliphatic heterocycles. The van der Waals surface area contributed by atoms with Crippen LogP contribution in [0.5, 0.6) is 0 Å². The molecule has 54 valence electrons. The molecule has 0 aromatic carbocycles. The molecule has 0 bridgehead atoms. The Labute approximate surface area is 56.8 Å².